The van der Waals surface area contributed by atoms with E-state index < -0.39 is 0 Å². The molecule has 0 rings (SSSR count). The van der Waals surface area contributed by atoms with Crippen LogP contribution < -0.4 is 0 Å². The molecule has 0 atom stereocenters. The number of nitro groups is 1. The molecule has 9 heavy (non-hydrogen) atoms. The van der Waals surface area contributed by atoms with E-state index >= 15 is 0 Å². The lowest BCUT2D eigenvalue weighted by Crippen LogP contribution is -1.96. The van der Waals surface area contributed by atoms with Gasteiger partial charge in [-0.15, -0.1) is 0 Å². The second kappa shape index (κ2) is 4.06. The van der Waals surface area contributed by atoms with Crippen LogP contribution >= 0.6 is 0 Å². The maximum Gasteiger partial charge on any atom is 0.222 e. The van der Waals surface area contributed by atoms with Crippen LogP contribution in [0, 0.1) is 16.0 Å². The highest BCUT2D eigenvalue weighted by molar-refractivity contribution is 4.83. The summed E-state index contributed by atoms with van der Waals surface area (Å²) in [5, 5.41) is 9.74. The van der Waals surface area contributed by atoms with Crippen molar-refractivity contribution in [2.24, 2.45) is 5.92 Å². The van der Waals surface area contributed by atoms with Gasteiger partial charge in [0.05, 0.1) is 0 Å². The van der Waals surface area contributed by atoms with Gasteiger partial charge in [0, 0.05) is 4.92 Å². The van der Waals surface area contributed by atoms with E-state index in [1.165, 1.54) is 0 Å². The van der Waals surface area contributed by atoms with Crippen molar-refractivity contribution < 1.29 is 4.92 Å². The fourth-order valence-electron chi connectivity index (χ4n) is 0.419. The van der Waals surface area contributed by atoms with Gasteiger partial charge in [-0.05, 0) is 12.0 Å². The molecule has 0 amide bonds. The first-order chi connectivity index (χ1) is 4.13. The average molecular weight is 129 g/mol. The SMILES string of the molecule is CC(C)/C=C\C[N+](=O)[O-]. The minimum Gasteiger partial charge on any atom is -0.264 e. The van der Waals surface area contributed by atoms with Gasteiger partial charge in [0.25, 0.3) is 0 Å². The molecule has 0 aliphatic carbocycles. The van der Waals surface area contributed by atoms with Crippen LogP contribution in [0.2, 0.25) is 0 Å². The summed E-state index contributed by atoms with van der Waals surface area (Å²) < 4.78 is 0. The van der Waals surface area contributed by atoms with Gasteiger partial charge in [-0.1, -0.05) is 19.9 Å². The van der Waals surface area contributed by atoms with Crippen molar-refractivity contribution in [2.75, 3.05) is 6.54 Å². The van der Waals surface area contributed by atoms with Crippen molar-refractivity contribution >= 4 is 0 Å². The first-order valence-corrected chi connectivity index (χ1v) is 2.91. The molecule has 3 nitrogen and oxygen atoms in total. The maximum absolute atomic E-state index is 9.74. The molecule has 52 valence electrons. The molecule has 0 aliphatic heterocycles. The zero-order valence-corrected chi connectivity index (χ0v) is 5.70. The lowest BCUT2D eigenvalue weighted by molar-refractivity contribution is -0.468. The lowest BCUT2D eigenvalue weighted by atomic mass is 10.2. The van der Waals surface area contributed by atoms with Crippen molar-refractivity contribution in [3.05, 3.63) is 22.3 Å². The minimum absolute atomic E-state index is 0.0574. The van der Waals surface area contributed by atoms with Crippen LogP contribution in [0.1, 0.15) is 13.8 Å². The Kier molecular flexibility index (Phi) is 3.67. The normalized spacial score (nSPS) is 11.0. The Hall–Kier alpha value is -0.860. The Bertz CT molecular complexity index is 118. The second-order valence-corrected chi connectivity index (χ2v) is 2.19. The van der Waals surface area contributed by atoms with Gasteiger partial charge in [0.15, 0.2) is 0 Å². The topological polar surface area (TPSA) is 43.1 Å². The summed E-state index contributed by atoms with van der Waals surface area (Å²) in [5.41, 5.74) is 0. The van der Waals surface area contributed by atoms with Crippen molar-refractivity contribution in [3.63, 3.8) is 0 Å². The molecule has 0 aromatic rings. The highest BCUT2D eigenvalue weighted by atomic mass is 16.6. The van der Waals surface area contributed by atoms with Crippen molar-refractivity contribution in [1.29, 1.82) is 0 Å². The van der Waals surface area contributed by atoms with Gasteiger partial charge in [-0.3, -0.25) is 10.1 Å². The summed E-state index contributed by atoms with van der Waals surface area (Å²) in [6.45, 7) is 3.91. The van der Waals surface area contributed by atoms with Crippen LogP contribution in [0.5, 0.6) is 0 Å². The Morgan fingerprint density at radius 2 is 2.22 bits per heavy atom. The molecule has 0 saturated heterocycles. The molecule has 0 heterocycles. The zero-order chi connectivity index (χ0) is 7.28. The monoisotopic (exact) mass is 129 g/mol. The fourth-order valence-corrected chi connectivity index (χ4v) is 0.419. The molecule has 3 heteroatoms. The van der Waals surface area contributed by atoms with Crippen LogP contribution in [0.15, 0.2) is 12.2 Å². The molecular weight excluding hydrogens is 118 g/mol. The molecular formula is C6H11NO2. The largest absolute Gasteiger partial charge is 0.264 e. The molecule has 0 radical (unpaired) electrons. The molecule has 0 bridgehead atoms. The van der Waals surface area contributed by atoms with Gasteiger partial charge >= 0.3 is 0 Å². The van der Waals surface area contributed by atoms with E-state index in [-0.39, 0.29) is 11.5 Å². The number of hydrogen-bond donors (Lipinski definition) is 0. The van der Waals surface area contributed by atoms with Gasteiger partial charge in [-0.2, -0.15) is 0 Å². The van der Waals surface area contributed by atoms with Gasteiger partial charge in [0.1, 0.15) is 0 Å². The van der Waals surface area contributed by atoms with Gasteiger partial charge < -0.3 is 0 Å². The zero-order valence-electron chi connectivity index (χ0n) is 5.70. The minimum atomic E-state index is -0.348. The van der Waals surface area contributed by atoms with Crippen LogP contribution in [-0.2, 0) is 0 Å². The van der Waals surface area contributed by atoms with E-state index in [1.54, 1.807) is 6.08 Å². The Morgan fingerprint density at radius 1 is 1.67 bits per heavy atom. The molecule has 0 aliphatic rings. The lowest BCUT2D eigenvalue weighted by Gasteiger charge is -1.89. The summed E-state index contributed by atoms with van der Waals surface area (Å²) in [4.78, 5) is 9.39. The Morgan fingerprint density at radius 3 is 2.56 bits per heavy atom. The van der Waals surface area contributed by atoms with E-state index in [4.69, 9.17) is 0 Å². The van der Waals surface area contributed by atoms with Crippen molar-refractivity contribution in [3.8, 4) is 0 Å². The third kappa shape index (κ3) is 7.14. The standard InChI is InChI=1S/C6H11NO2/c1-6(2)4-3-5-7(8)9/h3-4,6H,5H2,1-2H3/b4-3-. The summed E-state index contributed by atoms with van der Waals surface area (Å²) in [7, 11) is 0. The van der Waals surface area contributed by atoms with Gasteiger partial charge in [-0.25, -0.2) is 0 Å². The predicted molar refractivity (Wildman–Crippen MR) is 35.8 cm³/mol. The quantitative estimate of drug-likeness (QED) is 0.329. The molecule has 0 fully saturated rings. The third-order valence-corrected chi connectivity index (χ3v) is 0.775. The van der Waals surface area contributed by atoms with Crippen LogP contribution in [-0.4, -0.2) is 11.5 Å². The molecule has 0 aromatic heterocycles. The summed E-state index contributed by atoms with van der Waals surface area (Å²) in [6, 6.07) is 0. The summed E-state index contributed by atoms with van der Waals surface area (Å²) >= 11 is 0. The van der Waals surface area contributed by atoms with Crippen molar-refractivity contribution in [1.82, 2.24) is 0 Å². The van der Waals surface area contributed by atoms with E-state index in [9.17, 15) is 10.1 Å². The highest BCUT2D eigenvalue weighted by Crippen LogP contribution is 1.92. The van der Waals surface area contributed by atoms with Crippen LogP contribution in [0.25, 0.3) is 0 Å². The first-order valence-electron chi connectivity index (χ1n) is 2.91. The van der Waals surface area contributed by atoms with E-state index in [0.717, 1.165) is 0 Å². The second-order valence-electron chi connectivity index (χ2n) is 2.19. The van der Waals surface area contributed by atoms with E-state index in [1.807, 2.05) is 19.9 Å². The van der Waals surface area contributed by atoms with Gasteiger partial charge in [0.2, 0.25) is 6.54 Å². The smallest absolute Gasteiger partial charge is 0.222 e. The molecule has 0 aromatic carbocycles. The highest BCUT2D eigenvalue weighted by Gasteiger charge is 1.88. The maximum atomic E-state index is 9.74. The fraction of sp³-hybridized carbons (Fsp3) is 0.667. The number of hydrogen-bond acceptors (Lipinski definition) is 2. The van der Waals surface area contributed by atoms with E-state index in [2.05, 4.69) is 0 Å². The number of rotatable bonds is 3. The molecule has 0 N–H and O–H groups in total. The Labute approximate surface area is 54.5 Å². The molecule has 0 spiro atoms. The Balaban J connectivity index is 3.36. The number of nitrogens with zero attached hydrogens (tertiary/aromatic N) is 1. The van der Waals surface area contributed by atoms with Crippen LogP contribution in [0.3, 0.4) is 0 Å². The molecule has 0 saturated carbocycles. The molecule has 0 unspecified atom stereocenters. The average Bonchev–Trinajstić information content (AvgIpc) is 1.63. The summed E-state index contributed by atoms with van der Waals surface area (Å²) in [6.07, 6.45) is 3.40. The third-order valence-electron chi connectivity index (χ3n) is 0.775. The van der Waals surface area contributed by atoms with Crippen molar-refractivity contribution in [2.45, 2.75) is 13.8 Å². The summed E-state index contributed by atoms with van der Waals surface area (Å²) in [5.74, 6) is 0.407. The number of allylic oxidation sites excluding steroid dienone is 1. The van der Waals surface area contributed by atoms with Crippen LogP contribution in [0.4, 0.5) is 0 Å². The first kappa shape index (κ1) is 8.14. The predicted octanol–water partition coefficient (Wildman–Crippen LogP) is 1.48. The van der Waals surface area contributed by atoms with E-state index in [0.29, 0.717) is 5.92 Å².